The predicted molar refractivity (Wildman–Crippen MR) is 84.1 cm³/mol. The summed E-state index contributed by atoms with van der Waals surface area (Å²) in [6, 6.07) is 13.0. The Kier molecular flexibility index (Phi) is 4.65. The van der Waals surface area contributed by atoms with Crippen LogP contribution in [-0.4, -0.2) is 30.0 Å². The number of carbonyl (C=O) groups excluding carboxylic acids is 1. The summed E-state index contributed by atoms with van der Waals surface area (Å²) >= 11 is 0. The van der Waals surface area contributed by atoms with E-state index < -0.39 is 0 Å². The van der Waals surface area contributed by atoms with Gasteiger partial charge in [0, 0.05) is 24.8 Å². The molecule has 0 bridgehead atoms. The van der Waals surface area contributed by atoms with Crippen molar-refractivity contribution in [2.24, 2.45) is 0 Å². The number of piperidine rings is 1. The summed E-state index contributed by atoms with van der Waals surface area (Å²) in [5, 5.41) is 6.28. The largest absolute Gasteiger partial charge is 0.457 e. The summed E-state index contributed by atoms with van der Waals surface area (Å²) in [6.07, 6.45) is 3.67. The van der Waals surface area contributed by atoms with Crippen LogP contribution < -0.4 is 15.4 Å². The number of hydrogen-bond acceptors (Lipinski definition) is 4. The van der Waals surface area contributed by atoms with Crippen LogP contribution in [0.25, 0.3) is 0 Å². The first-order chi connectivity index (χ1) is 10.8. The predicted octanol–water partition coefficient (Wildman–Crippen LogP) is 2.36. The summed E-state index contributed by atoms with van der Waals surface area (Å²) in [6.45, 7) is 1.83. The molecule has 1 amide bonds. The van der Waals surface area contributed by atoms with Crippen molar-refractivity contribution in [3.8, 4) is 11.5 Å². The van der Waals surface area contributed by atoms with Crippen LogP contribution in [0, 0.1) is 0 Å². The number of hydrogen-bond donors (Lipinski definition) is 2. The number of para-hydroxylation sites is 1. The number of aromatic nitrogens is 1. The van der Waals surface area contributed by atoms with Crippen molar-refractivity contribution in [2.75, 3.05) is 13.1 Å². The number of amides is 1. The van der Waals surface area contributed by atoms with Crippen molar-refractivity contribution in [1.82, 2.24) is 15.6 Å². The second-order valence-electron chi connectivity index (χ2n) is 5.31. The van der Waals surface area contributed by atoms with Gasteiger partial charge in [0.25, 0.3) is 5.91 Å². The van der Waals surface area contributed by atoms with Crippen LogP contribution >= 0.6 is 0 Å². The highest BCUT2D eigenvalue weighted by Crippen LogP contribution is 2.20. The van der Waals surface area contributed by atoms with Gasteiger partial charge in [-0.2, -0.15) is 0 Å². The van der Waals surface area contributed by atoms with E-state index in [1.54, 1.807) is 18.3 Å². The molecule has 1 saturated heterocycles. The van der Waals surface area contributed by atoms with Gasteiger partial charge in [-0.15, -0.1) is 0 Å². The summed E-state index contributed by atoms with van der Waals surface area (Å²) in [5.41, 5.74) is 0.374. The summed E-state index contributed by atoms with van der Waals surface area (Å²) in [4.78, 5) is 16.4. The first kappa shape index (κ1) is 14.5. The minimum absolute atomic E-state index is 0.160. The Balaban J connectivity index is 1.66. The summed E-state index contributed by atoms with van der Waals surface area (Å²) in [5.74, 6) is 1.18. The van der Waals surface area contributed by atoms with Gasteiger partial charge in [0.1, 0.15) is 17.2 Å². The standard InChI is InChI=1S/C17H19N3O2/c21-17(20-13-5-4-9-18-12-13)16-11-15(8-10-19-16)22-14-6-2-1-3-7-14/h1-3,6-8,10-11,13,18H,4-5,9,12H2,(H,20,21)/t13-/m0/s1. The maximum atomic E-state index is 12.3. The fourth-order valence-corrected chi connectivity index (χ4v) is 2.46. The van der Waals surface area contributed by atoms with E-state index in [9.17, 15) is 4.79 Å². The first-order valence-electron chi connectivity index (χ1n) is 7.52. The van der Waals surface area contributed by atoms with Crippen molar-refractivity contribution < 1.29 is 9.53 Å². The fourth-order valence-electron chi connectivity index (χ4n) is 2.46. The average Bonchev–Trinajstić information content (AvgIpc) is 2.57. The molecule has 1 aliphatic heterocycles. The van der Waals surface area contributed by atoms with E-state index in [0.717, 1.165) is 31.7 Å². The number of rotatable bonds is 4. The third-order valence-corrected chi connectivity index (χ3v) is 3.58. The summed E-state index contributed by atoms with van der Waals surface area (Å²) in [7, 11) is 0. The third kappa shape index (κ3) is 3.83. The molecule has 5 heteroatoms. The van der Waals surface area contributed by atoms with Crippen LogP contribution in [0.3, 0.4) is 0 Å². The Morgan fingerprint density at radius 1 is 1.23 bits per heavy atom. The zero-order valence-corrected chi connectivity index (χ0v) is 12.3. The maximum Gasteiger partial charge on any atom is 0.270 e. The van der Waals surface area contributed by atoms with Crippen LogP contribution in [0.4, 0.5) is 0 Å². The molecule has 3 rings (SSSR count). The second kappa shape index (κ2) is 7.04. The second-order valence-corrected chi connectivity index (χ2v) is 5.31. The number of nitrogens with one attached hydrogen (secondary N) is 2. The normalized spacial score (nSPS) is 17.7. The van der Waals surface area contributed by atoms with E-state index in [2.05, 4.69) is 15.6 Å². The van der Waals surface area contributed by atoms with Gasteiger partial charge in [-0.3, -0.25) is 9.78 Å². The maximum absolute atomic E-state index is 12.3. The minimum Gasteiger partial charge on any atom is -0.457 e. The van der Waals surface area contributed by atoms with E-state index in [1.165, 1.54) is 0 Å². The van der Waals surface area contributed by atoms with E-state index in [1.807, 2.05) is 30.3 Å². The highest BCUT2D eigenvalue weighted by atomic mass is 16.5. The van der Waals surface area contributed by atoms with E-state index in [4.69, 9.17) is 4.74 Å². The van der Waals surface area contributed by atoms with Gasteiger partial charge in [0.05, 0.1) is 0 Å². The van der Waals surface area contributed by atoms with Crippen molar-refractivity contribution >= 4 is 5.91 Å². The summed E-state index contributed by atoms with van der Waals surface area (Å²) < 4.78 is 5.73. The minimum atomic E-state index is -0.160. The molecular weight excluding hydrogens is 278 g/mol. The van der Waals surface area contributed by atoms with E-state index in [-0.39, 0.29) is 11.9 Å². The molecule has 1 aromatic heterocycles. The van der Waals surface area contributed by atoms with Crippen LogP contribution in [0.5, 0.6) is 11.5 Å². The number of pyridine rings is 1. The number of carbonyl (C=O) groups is 1. The van der Waals surface area contributed by atoms with E-state index >= 15 is 0 Å². The lowest BCUT2D eigenvalue weighted by molar-refractivity contribution is 0.0925. The number of ether oxygens (including phenoxy) is 1. The number of nitrogens with zero attached hydrogens (tertiary/aromatic N) is 1. The highest BCUT2D eigenvalue weighted by molar-refractivity contribution is 5.92. The van der Waals surface area contributed by atoms with E-state index in [0.29, 0.717) is 11.4 Å². The monoisotopic (exact) mass is 297 g/mol. The molecule has 2 aromatic rings. The molecule has 0 saturated carbocycles. The molecule has 2 heterocycles. The van der Waals surface area contributed by atoms with Gasteiger partial charge in [-0.05, 0) is 37.6 Å². The van der Waals surface area contributed by atoms with Crippen LogP contribution in [0.15, 0.2) is 48.7 Å². The molecule has 0 unspecified atom stereocenters. The Labute approximate surface area is 129 Å². The SMILES string of the molecule is O=C(N[C@H]1CCCNC1)c1cc(Oc2ccccc2)ccn1. The smallest absolute Gasteiger partial charge is 0.270 e. The highest BCUT2D eigenvalue weighted by Gasteiger charge is 2.17. The molecule has 1 atom stereocenters. The van der Waals surface area contributed by atoms with Crippen molar-refractivity contribution in [2.45, 2.75) is 18.9 Å². The molecule has 0 spiro atoms. The lowest BCUT2D eigenvalue weighted by atomic mass is 10.1. The third-order valence-electron chi connectivity index (χ3n) is 3.58. The topological polar surface area (TPSA) is 63.2 Å². The van der Waals surface area contributed by atoms with Gasteiger partial charge in [-0.1, -0.05) is 18.2 Å². The zero-order chi connectivity index (χ0) is 15.2. The van der Waals surface area contributed by atoms with Crippen molar-refractivity contribution in [3.05, 3.63) is 54.4 Å². The van der Waals surface area contributed by atoms with Gasteiger partial charge in [0.2, 0.25) is 0 Å². The van der Waals surface area contributed by atoms with Gasteiger partial charge in [-0.25, -0.2) is 0 Å². The molecule has 2 N–H and O–H groups in total. The lowest BCUT2D eigenvalue weighted by Gasteiger charge is -2.23. The molecule has 5 nitrogen and oxygen atoms in total. The first-order valence-corrected chi connectivity index (χ1v) is 7.52. The lowest BCUT2D eigenvalue weighted by Crippen LogP contribution is -2.45. The molecule has 1 aromatic carbocycles. The van der Waals surface area contributed by atoms with Gasteiger partial charge in [0.15, 0.2) is 0 Å². The molecule has 0 aliphatic carbocycles. The molecule has 114 valence electrons. The van der Waals surface area contributed by atoms with Crippen LogP contribution in [0.1, 0.15) is 23.3 Å². The Bertz CT molecular complexity index is 625. The molecule has 1 aliphatic rings. The molecule has 1 fully saturated rings. The molecular formula is C17H19N3O2. The Hall–Kier alpha value is -2.40. The zero-order valence-electron chi connectivity index (χ0n) is 12.3. The molecule has 22 heavy (non-hydrogen) atoms. The van der Waals surface area contributed by atoms with Crippen LogP contribution in [0.2, 0.25) is 0 Å². The van der Waals surface area contributed by atoms with Crippen molar-refractivity contribution in [3.63, 3.8) is 0 Å². The van der Waals surface area contributed by atoms with Gasteiger partial charge < -0.3 is 15.4 Å². The Morgan fingerprint density at radius 3 is 2.86 bits per heavy atom. The van der Waals surface area contributed by atoms with Gasteiger partial charge >= 0.3 is 0 Å². The van der Waals surface area contributed by atoms with Crippen molar-refractivity contribution in [1.29, 1.82) is 0 Å². The quantitative estimate of drug-likeness (QED) is 0.909. The average molecular weight is 297 g/mol. The van der Waals surface area contributed by atoms with Crippen LogP contribution in [-0.2, 0) is 0 Å². The molecule has 0 radical (unpaired) electrons. The fraction of sp³-hybridized carbons (Fsp3) is 0.294. The number of benzene rings is 1. The Morgan fingerprint density at radius 2 is 2.09 bits per heavy atom.